The molecule has 1 unspecified atom stereocenters. The first-order chi connectivity index (χ1) is 5.58. The Morgan fingerprint density at radius 3 is 2.33 bits per heavy atom. The standard InChI is InChI=1S/C9H19NO2/c1-9(8(12)7-11)3-5-10(2)6-4-9/h8,11-12H,3-7H2,1-2H3. The van der Waals surface area contributed by atoms with Crippen LogP contribution >= 0.6 is 0 Å². The molecule has 72 valence electrons. The fraction of sp³-hybridized carbons (Fsp3) is 1.00. The zero-order chi connectivity index (χ0) is 9.19. The SMILES string of the molecule is CN1CCC(C)(C(O)CO)CC1. The van der Waals surface area contributed by atoms with E-state index in [0.29, 0.717) is 0 Å². The van der Waals surface area contributed by atoms with Gasteiger partial charge in [0.15, 0.2) is 0 Å². The zero-order valence-electron chi connectivity index (χ0n) is 7.95. The molecule has 1 saturated heterocycles. The molecule has 1 atom stereocenters. The quantitative estimate of drug-likeness (QED) is 0.621. The number of rotatable bonds is 2. The van der Waals surface area contributed by atoms with Crippen molar-refractivity contribution in [1.29, 1.82) is 0 Å². The van der Waals surface area contributed by atoms with Crippen LogP contribution in [-0.2, 0) is 0 Å². The summed E-state index contributed by atoms with van der Waals surface area (Å²) in [5.41, 5.74) is -0.0682. The van der Waals surface area contributed by atoms with Crippen LogP contribution in [-0.4, -0.2) is 48.0 Å². The number of likely N-dealkylation sites (tertiary alicyclic amines) is 1. The van der Waals surface area contributed by atoms with Gasteiger partial charge < -0.3 is 15.1 Å². The largest absolute Gasteiger partial charge is 0.394 e. The Balaban J connectivity index is 2.49. The second-order valence-electron chi connectivity index (χ2n) is 4.16. The topological polar surface area (TPSA) is 43.7 Å². The number of aliphatic hydroxyl groups is 2. The molecule has 0 aromatic carbocycles. The molecular weight excluding hydrogens is 154 g/mol. The number of hydrogen-bond acceptors (Lipinski definition) is 3. The van der Waals surface area contributed by atoms with E-state index in [0.717, 1.165) is 25.9 Å². The van der Waals surface area contributed by atoms with Crippen LogP contribution in [0.25, 0.3) is 0 Å². The van der Waals surface area contributed by atoms with E-state index in [4.69, 9.17) is 5.11 Å². The highest BCUT2D eigenvalue weighted by atomic mass is 16.3. The normalized spacial score (nSPS) is 27.0. The molecule has 1 aliphatic rings. The minimum atomic E-state index is -0.550. The number of nitrogens with zero attached hydrogens (tertiary/aromatic N) is 1. The molecule has 3 heteroatoms. The maximum absolute atomic E-state index is 9.56. The van der Waals surface area contributed by atoms with Gasteiger partial charge in [-0.1, -0.05) is 6.92 Å². The van der Waals surface area contributed by atoms with Gasteiger partial charge in [-0.15, -0.1) is 0 Å². The van der Waals surface area contributed by atoms with Crippen molar-refractivity contribution < 1.29 is 10.2 Å². The molecule has 1 fully saturated rings. The third-order valence-electron chi connectivity index (χ3n) is 3.11. The van der Waals surface area contributed by atoms with E-state index in [1.807, 2.05) is 0 Å². The van der Waals surface area contributed by atoms with Crippen LogP contribution < -0.4 is 0 Å². The summed E-state index contributed by atoms with van der Waals surface area (Å²) in [6.45, 7) is 3.99. The summed E-state index contributed by atoms with van der Waals surface area (Å²) in [5, 5.41) is 18.4. The Hall–Kier alpha value is -0.120. The Morgan fingerprint density at radius 2 is 1.92 bits per heavy atom. The Kier molecular flexibility index (Phi) is 3.09. The van der Waals surface area contributed by atoms with Crippen molar-refractivity contribution in [2.45, 2.75) is 25.9 Å². The molecule has 0 aliphatic carbocycles. The summed E-state index contributed by atoms with van der Waals surface area (Å²) in [5.74, 6) is 0. The minimum absolute atomic E-state index is 0.0682. The predicted octanol–water partition coefficient (Wildman–Crippen LogP) is 0.0715. The molecule has 1 heterocycles. The van der Waals surface area contributed by atoms with Crippen LogP contribution in [0.3, 0.4) is 0 Å². The van der Waals surface area contributed by atoms with E-state index in [9.17, 15) is 5.11 Å². The Morgan fingerprint density at radius 1 is 1.42 bits per heavy atom. The van der Waals surface area contributed by atoms with Crippen LogP contribution in [0, 0.1) is 5.41 Å². The molecule has 0 aromatic heterocycles. The van der Waals surface area contributed by atoms with Crippen molar-refractivity contribution in [2.24, 2.45) is 5.41 Å². The molecule has 0 radical (unpaired) electrons. The van der Waals surface area contributed by atoms with Gasteiger partial charge in [-0.2, -0.15) is 0 Å². The summed E-state index contributed by atoms with van der Waals surface area (Å²) in [6.07, 6.45) is 1.40. The molecule has 0 saturated carbocycles. The van der Waals surface area contributed by atoms with E-state index in [2.05, 4.69) is 18.9 Å². The van der Waals surface area contributed by atoms with Crippen LogP contribution in [0.2, 0.25) is 0 Å². The van der Waals surface area contributed by atoms with Gasteiger partial charge >= 0.3 is 0 Å². The van der Waals surface area contributed by atoms with Crippen molar-refractivity contribution in [3.8, 4) is 0 Å². The highest BCUT2D eigenvalue weighted by Gasteiger charge is 2.35. The van der Waals surface area contributed by atoms with Crippen molar-refractivity contribution in [3.63, 3.8) is 0 Å². The lowest BCUT2D eigenvalue weighted by Crippen LogP contribution is -2.44. The van der Waals surface area contributed by atoms with Gasteiger partial charge in [-0.05, 0) is 38.4 Å². The molecule has 12 heavy (non-hydrogen) atoms. The lowest BCUT2D eigenvalue weighted by atomic mass is 9.76. The molecule has 0 bridgehead atoms. The minimum Gasteiger partial charge on any atom is -0.394 e. The van der Waals surface area contributed by atoms with Crippen LogP contribution in [0.5, 0.6) is 0 Å². The van der Waals surface area contributed by atoms with E-state index >= 15 is 0 Å². The molecule has 3 nitrogen and oxygen atoms in total. The molecular formula is C9H19NO2. The number of aliphatic hydroxyl groups excluding tert-OH is 2. The zero-order valence-corrected chi connectivity index (χ0v) is 7.95. The summed E-state index contributed by atoms with van der Waals surface area (Å²) in [7, 11) is 2.09. The molecule has 0 amide bonds. The van der Waals surface area contributed by atoms with Gasteiger partial charge in [-0.3, -0.25) is 0 Å². The predicted molar refractivity (Wildman–Crippen MR) is 47.9 cm³/mol. The maximum atomic E-state index is 9.56. The second kappa shape index (κ2) is 3.73. The van der Waals surface area contributed by atoms with Crippen LogP contribution in [0.4, 0.5) is 0 Å². The average Bonchev–Trinajstić information content (AvgIpc) is 2.09. The lowest BCUT2D eigenvalue weighted by molar-refractivity contribution is -0.0372. The van der Waals surface area contributed by atoms with Gasteiger partial charge in [0, 0.05) is 0 Å². The van der Waals surface area contributed by atoms with E-state index in [-0.39, 0.29) is 12.0 Å². The van der Waals surface area contributed by atoms with E-state index in [1.165, 1.54) is 0 Å². The third-order valence-corrected chi connectivity index (χ3v) is 3.11. The van der Waals surface area contributed by atoms with Gasteiger partial charge in [0.2, 0.25) is 0 Å². The highest BCUT2D eigenvalue weighted by molar-refractivity contribution is 4.86. The monoisotopic (exact) mass is 173 g/mol. The highest BCUT2D eigenvalue weighted by Crippen LogP contribution is 2.33. The average molecular weight is 173 g/mol. The summed E-state index contributed by atoms with van der Waals surface area (Å²) in [4.78, 5) is 2.26. The number of piperidine rings is 1. The van der Waals surface area contributed by atoms with Crippen molar-refractivity contribution >= 4 is 0 Å². The smallest absolute Gasteiger partial charge is 0.0825 e. The second-order valence-corrected chi connectivity index (χ2v) is 4.16. The first-order valence-corrected chi connectivity index (χ1v) is 4.56. The van der Waals surface area contributed by atoms with Crippen molar-refractivity contribution in [3.05, 3.63) is 0 Å². The van der Waals surface area contributed by atoms with Gasteiger partial charge in [-0.25, -0.2) is 0 Å². The Labute approximate surface area is 74.0 Å². The molecule has 0 aromatic rings. The van der Waals surface area contributed by atoms with Crippen molar-refractivity contribution in [1.82, 2.24) is 4.90 Å². The molecule has 0 spiro atoms. The summed E-state index contributed by atoms with van der Waals surface area (Å²) in [6, 6.07) is 0. The maximum Gasteiger partial charge on any atom is 0.0825 e. The number of hydrogen-bond donors (Lipinski definition) is 2. The Bertz CT molecular complexity index is 141. The van der Waals surface area contributed by atoms with E-state index in [1.54, 1.807) is 0 Å². The molecule has 1 aliphatic heterocycles. The lowest BCUT2D eigenvalue weighted by Gasteiger charge is -2.40. The first-order valence-electron chi connectivity index (χ1n) is 4.56. The third kappa shape index (κ3) is 1.97. The van der Waals surface area contributed by atoms with Crippen LogP contribution in [0.15, 0.2) is 0 Å². The van der Waals surface area contributed by atoms with Gasteiger partial charge in [0.25, 0.3) is 0 Å². The molecule has 1 rings (SSSR count). The van der Waals surface area contributed by atoms with Gasteiger partial charge in [0.05, 0.1) is 12.7 Å². The summed E-state index contributed by atoms with van der Waals surface area (Å²) >= 11 is 0. The first kappa shape index (κ1) is 9.96. The van der Waals surface area contributed by atoms with Crippen LogP contribution in [0.1, 0.15) is 19.8 Å². The fourth-order valence-corrected chi connectivity index (χ4v) is 1.68. The van der Waals surface area contributed by atoms with E-state index < -0.39 is 6.10 Å². The summed E-state index contributed by atoms with van der Waals surface area (Å²) < 4.78 is 0. The van der Waals surface area contributed by atoms with Gasteiger partial charge in [0.1, 0.15) is 0 Å². The molecule has 2 N–H and O–H groups in total. The fourth-order valence-electron chi connectivity index (χ4n) is 1.68. The van der Waals surface area contributed by atoms with Crippen molar-refractivity contribution in [2.75, 3.05) is 26.7 Å².